The first-order valence-corrected chi connectivity index (χ1v) is 11.9. The average Bonchev–Trinajstić information content (AvgIpc) is 2.91. The highest BCUT2D eigenvalue weighted by Gasteiger charge is 2.10. The SMILES string of the molecule is O=C(CCCNCC(O)COc1ccc2oc(-c3ccccc3)cc(=O)c2c1)OCc1ccccc1. The lowest BCUT2D eigenvalue weighted by Crippen LogP contribution is -2.32. The van der Waals surface area contributed by atoms with Crippen LogP contribution in [-0.4, -0.2) is 36.9 Å². The van der Waals surface area contributed by atoms with Crippen LogP contribution in [0.25, 0.3) is 22.3 Å². The molecule has 0 amide bonds. The van der Waals surface area contributed by atoms with Gasteiger partial charge in [0.15, 0.2) is 5.43 Å². The van der Waals surface area contributed by atoms with Crippen LogP contribution in [0.3, 0.4) is 0 Å². The number of carbonyl (C=O) groups is 1. The number of hydrogen-bond acceptors (Lipinski definition) is 7. The van der Waals surface area contributed by atoms with Gasteiger partial charge in [0.05, 0.1) is 5.39 Å². The maximum atomic E-state index is 12.6. The molecule has 0 aliphatic carbocycles. The largest absolute Gasteiger partial charge is 0.491 e. The van der Waals surface area contributed by atoms with Gasteiger partial charge < -0.3 is 24.3 Å². The molecule has 7 nitrogen and oxygen atoms in total. The van der Waals surface area contributed by atoms with Gasteiger partial charge in [-0.25, -0.2) is 0 Å². The highest BCUT2D eigenvalue weighted by atomic mass is 16.5. The van der Waals surface area contributed by atoms with Crippen LogP contribution in [0.5, 0.6) is 5.75 Å². The number of hydrogen-bond donors (Lipinski definition) is 2. The van der Waals surface area contributed by atoms with Crippen molar-refractivity contribution in [1.82, 2.24) is 5.32 Å². The van der Waals surface area contributed by atoms with Crippen LogP contribution in [0.1, 0.15) is 18.4 Å². The van der Waals surface area contributed by atoms with E-state index in [1.807, 2.05) is 60.7 Å². The van der Waals surface area contributed by atoms with Crippen molar-refractivity contribution in [3.8, 4) is 17.1 Å². The molecule has 0 aliphatic rings. The number of nitrogens with one attached hydrogen (secondary N) is 1. The first-order chi connectivity index (χ1) is 17.6. The van der Waals surface area contributed by atoms with Crippen molar-refractivity contribution >= 4 is 16.9 Å². The molecule has 4 aromatic rings. The molecule has 0 spiro atoms. The lowest BCUT2D eigenvalue weighted by Gasteiger charge is -2.13. The summed E-state index contributed by atoms with van der Waals surface area (Å²) in [5, 5.41) is 13.7. The molecular weight excluding hydrogens is 458 g/mol. The minimum Gasteiger partial charge on any atom is -0.491 e. The van der Waals surface area contributed by atoms with Crippen LogP contribution >= 0.6 is 0 Å². The Kier molecular flexibility index (Phi) is 8.86. The summed E-state index contributed by atoms with van der Waals surface area (Å²) in [6.45, 7) is 1.21. The Morgan fingerprint density at radius 2 is 1.72 bits per heavy atom. The van der Waals surface area contributed by atoms with E-state index in [9.17, 15) is 14.7 Å². The fourth-order valence-corrected chi connectivity index (χ4v) is 3.66. The molecular formula is C29H29NO6. The predicted molar refractivity (Wildman–Crippen MR) is 138 cm³/mol. The van der Waals surface area contributed by atoms with Gasteiger partial charge in [-0.15, -0.1) is 0 Å². The van der Waals surface area contributed by atoms with Crippen LogP contribution in [0.15, 0.2) is 94.1 Å². The fourth-order valence-electron chi connectivity index (χ4n) is 3.66. The van der Waals surface area contributed by atoms with Gasteiger partial charge in [0.1, 0.15) is 36.4 Å². The zero-order valence-electron chi connectivity index (χ0n) is 19.9. The van der Waals surface area contributed by atoms with Gasteiger partial charge in [0, 0.05) is 24.6 Å². The van der Waals surface area contributed by atoms with Gasteiger partial charge >= 0.3 is 5.97 Å². The zero-order valence-corrected chi connectivity index (χ0v) is 19.9. The Hall–Kier alpha value is -3.94. The number of aliphatic hydroxyl groups is 1. The van der Waals surface area contributed by atoms with E-state index in [4.69, 9.17) is 13.9 Å². The van der Waals surface area contributed by atoms with E-state index in [-0.39, 0.29) is 24.6 Å². The molecule has 0 saturated carbocycles. The highest BCUT2D eigenvalue weighted by Crippen LogP contribution is 2.24. The van der Waals surface area contributed by atoms with Crippen LogP contribution in [0.2, 0.25) is 0 Å². The minimum absolute atomic E-state index is 0.0606. The lowest BCUT2D eigenvalue weighted by atomic mass is 10.1. The van der Waals surface area contributed by atoms with Crippen molar-refractivity contribution in [2.45, 2.75) is 25.6 Å². The third-order valence-corrected chi connectivity index (χ3v) is 5.56. The summed E-state index contributed by atoms with van der Waals surface area (Å²) < 4.78 is 16.8. The van der Waals surface area contributed by atoms with E-state index in [0.29, 0.717) is 48.4 Å². The van der Waals surface area contributed by atoms with Crippen LogP contribution in [-0.2, 0) is 16.1 Å². The first kappa shape index (κ1) is 25.2. The average molecular weight is 488 g/mol. The third kappa shape index (κ3) is 7.28. The van der Waals surface area contributed by atoms with E-state index in [1.54, 1.807) is 18.2 Å². The standard InChI is InChI=1S/C29H29NO6/c31-23(18-30-15-7-12-29(33)35-19-21-8-3-1-4-9-21)20-34-24-13-14-27-25(16-24)26(32)17-28(36-27)22-10-5-2-6-11-22/h1-6,8-11,13-14,16-17,23,30-31H,7,12,15,18-20H2. The smallest absolute Gasteiger partial charge is 0.306 e. The molecule has 3 aromatic carbocycles. The number of aliphatic hydroxyl groups excluding tert-OH is 1. The summed E-state index contributed by atoms with van der Waals surface area (Å²) in [5.74, 6) is 0.733. The Bertz CT molecular complexity index is 1320. The molecule has 0 bridgehead atoms. The summed E-state index contributed by atoms with van der Waals surface area (Å²) in [6, 6.07) is 25.5. The Morgan fingerprint density at radius 1 is 0.972 bits per heavy atom. The first-order valence-electron chi connectivity index (χ1n) is 11.9. The Balaban J connectivity index is 1.17. The molecule has 4 rings (SSSR count). The lowest BCUT2D eigenvalue weighted by molar-refractivity contribution is -0.145. The van der Waals surface area contributed by atoms with E-state index in [1.165, 1.54) is 6.07 Å². The topological polar surface area (TPSA) is 98.0 Å². The van der Waals surface area contributed by atoms with Crippen molar-refractivity contribution in [3.63, 3.8) is 0 Å². The second-order valence-corrected chi connectivity index (χ2v) is 8.42. The molecule has 1 unspecified atom stereocenters. The van der Waals surface area contributed by atoms with Gasteiger partial charge in [-0.1, -0.05) is 60.7 Å². The second-order valence-electron chi connectivity index (χ2n) is 8.42. The number of fused-ring (bicyclic) bond motifs is 1. The summed E-state index contributed by atoms with van der Waals surface area (Å²) in [7, 11) is 0. The molecule has 2 N–H and O–H groups in total. The monoisotopic (exact) mass is 487 g/mol. The molecule has 0 aliphatic heterocycles. The van der Waals surface area contributed by atoms with E-state index >= 15 is 0 Å². The van der Waals surface area contributed by atoms with Crippen LogP contribution in [0, 0.1) is 0 Å². The molecule has 36 heavy (non-hydrogen) atoms. The molecule has 0 radical (unpaired) electrons. The Morgan fingerprint density at radius 3 is 2.50 bits per heavy atom. The van der Waals surface area contributed by atoms with E-state index in [2.05, 4.69) is 5.32 Å². The van der Waals surface area contributed by atoms with Crippen molar-refractivity contribution in [1.29, 1.82) is 0 Å². The van der Waals surface area contributed by atoms with Gasteiger partial charge in [0.25, 0.3) is 0 Å². The van der Waals surface area contributed by atoms with Crippen molar-refractivity contribution < 1.29 is 23.8 Å². The summed E-state index contributed by atoms with van der Waals surface area (Å²) in [6.07, 6.45) is 0.160. The number of ether oxygens (including phenoxy) is 2. The van der Waals surface area contributed by atoms with Gasteiger partial charge in [-0.05, 0) is 36.7 Å². The predicted octanol–water partition coefficient (Wildman–Crippen LogP) is 4.31. The molecule has 0 fully saturated rings. The maximum absolute atomic E-state index is 12.6. The van der Waals surface area contributed by atoms with Gasteiger partial charge in [-0.3, -0.25) is 9.59 Å². The number of esters is 1. The van der Waals surface area contributed by atoms with Crippen molar-refractivity contribution in [3.05, 3.63) is 101 Å². The quantitative estimate of drug-likeness (QED) is 0.227. The fraction of sp³-hybridized carbons (Fsp3) is 0.241. The number of benzene rings is 3. The maximum Gasteiger partial charge on any atom is 0.306 e. The second kappa shape index (κ2) is 12.7. The van der Waals surface area contributed by atoms with Gasteiger partial charge in [-0.2, -0.15) is 0 Å². The normalized spacial score (nSPS) is 11.8. The highest BCUT2D eigenvalue weighted by molar-refractivity contribution is 5.80. The van der Waals surface area contributed by atoms with Crippen LogP contribution in [0.4, 0.5) is 0 Å². The molecule has 1 heterocycles. The minimum atomic E-state index is -0.748. The van der Waals surface area contributed by atoms with Crippen molar-refractivity contribution in [2.24, 2.45) is 0 Å². The Labute approximate surface area is 209 Å². The summed E-state index contributed by atoms with van der Waals surface area (Å²) in [4.78, 5) is 24.5. The number of rotatable bonds is 12. The van der Waals surface area contributed by atoms with Crippen LogP contribution < -0.4 is 15.5 Å². The molecule has 1 atom stereocenters. The molecule has 186 valence electrons. The van der Waals surface area contributed by atoms with E-state index in [0.717, 1.165) is 11.1 Å². The molecule has 7 heteroatoms. The number of carbonyl (C=O) groups excluding carboxylic acids is 1. The third-order valence-electron chi connectivity index (χ3n) is 5.56. The van der Waals surface area contributed by atoms with Gasteiger partial charge in [0.2, 0.25) is 0 Å². The summed E-state index contributed by atoms with van der Waals surface area (Å²) in [5.41, 5.74) is 2.09. The molecule has 1 aromatic heterocycles. The summed E-state index contributed by atoms with van der Waals surface area (Å²) >= 11 is 0. The zero-order chi connectivity index (χ0) is 25.2. The molecule has 0 saturated heterocycles. The van der Waals surface area contributed by atoms with E-state index < -0.39 is 6.10 Å². The van der Waals surface area contributed by atoms with Crippen molar-refractivity contribution in [2.75, 3.05) is 19.7 Å².